The highest BCUT2D eigenvalue weighted by Crippen LogP contribution is 2.30. The molecular formula is C27H28ClFN6O4. The summed E-state index contributed by atoms with van der Waals surface area (Å²) in [4.78, 5) is 40.5. The average molecular weight is 555 g/mol. The Bertz CT molecular complexity index is 1400. The summed E-state index contributed by atoms with van der Waals surface area (Å²) in [5.41, 5.74) is 2.43. The molecule has 1 saturated heterocycles. The molecule has 1 aromatic carbocycles. The molecule has 2 aliphatic heterocycles. The molecule has 2 amide bonds. The van der Waals surface area contributed by atoms with Gasteiger partial charge in [0.15, 0.2) is 0 Å². The van der Waals surface area contributed by atoms with Crippen LogP contribution >= 0.6 is 11.6 Å². The Morgan fingerprint density at radius 3 is 2.85 bits per heavy atom. The lowest BCUT2D eigenvalue weighted by Crippen LogP contribution is -2.40. The minimum Gasteiger partial charge on any atom is -0.394 e. The molecule has 10 nitrogen and oxygen atoms in total. The zero-order valence-corrected chi connectivity index (χ0v) is 22.0. The first-order chi connectivity index (χ1) is 18.8. The minimum atomic E-state index is -0.939. The van der Waals surface area contributed by atoms with Gasteiger partial charge >= 0.3 is 0 Å². The van der Waals surface area contributed by atoms with Gasteiger partial charge in [-0.1, -0.05) is 29.8 Å². The van der Waals surface area contributed by atoms with E-state index in [4.69, 9.17) is 16.3 Å². The lowest BCUT2D eigenvalue weighted by Gasteiger charge is -2.23. The van der Waals surface area contributed by atoms with E-state index in [-0.39, 0.29) is 30.6 Å². The molecule has 0 radical (unpaired) electrons. The summed E-state index contributed by atoms with van der Waals surface area (Å²) >= 11 is 6.40. The first-order valence-electron chi connectivity index (χ1n) is 12.6. The Balaban J connectivity index is 1.28. The van der Waals surface area contributed by atoms with E-state index < -0.39 is 24.4 Å². The first-order valence-corrected chi connectivity index (χ1v) is 13.0. The van der Waals surface area contributed by atoms with Crippen LogP contribution in [0.1, 0.15) is 46.1 Å². The SMILES string of the molecule is Cc1cccc(C(CO)NC(=O)CN2Cc3ncc(-c4nc(NC5CCOCC5)ncc4Cl)cc3C2=O)c1F. The Labute approximate surface area is 229 Å². The molecule has 3 N–H and O–H groups in total. The van der Waals surface area contributed by atoms with Crippen molar-refractivity contribution in [3.05, 3.63) is 69.9 Å². The molecule has 4 heterocycles. The summed E-state index contributed by atoms with van der Waals surface area (Å²) in [6.07, 6.45) is 4.79. The summed E-state index contributed by atoms with van der Waals surface area (Å²) in [5.74, 6) is -0.968. The van der Waals surface area contributed by atoms with Crippen LogP contribution in [0.3, 0.4) is 0 Å². The number of halogens is 2. The zero-order valence-electron chi connectivity index (χ0n) is 21.3. The molecule has 0 saturated carbocycles. The number of nitrogens with zero attached hydrogens (tertiary/aromatic N) is 4. The Kier molecular flexibility index (Phi) is 8.01. The van der Waals surface area contributed by atoms with Gasteiger partial charge < -0.3 is 25.4 Å². The van der Waals surface area contributed by atoms with Gasteiger partial charge in [0.2, 0.25) is 11.9 Å². The number of anilines is 1. The number of aliphatic hydroxyl groups excluding tert-OH is 1. The van der Waals surface area contributed by atoms with Crippen LogP contribution < -0.4 is 10.6 Å². The van der Waals surface area contributed by atoms with E-state index >= 15 is 0 Å². The van der Waals surface area contributed by atoms with Gasteiger partial charge in [-0.3, -0.25) is 14.6 Å². The number of ether oxygens (including phenoxy) is 1. The maximum absolute atomic E-state index is 14.5. The number of aromatic nitrogens is 3. The number of aliphatic hydroxyl groups is 1. The molecule has 0 spiro atoms. The van der Waals surface area contributed by atoms with Crippen LogP contribution in [0.2, 0.25) is 5.02 Å². The van der Waals surface area contributed by atoms with E-state index in [1.54, 1.807) is 31.3 Å². The summed E-state index contributed by atoms with van der Waals surface area (Å²) in [6, 6.07) is 5.68. The third-order valence-corrected chi connectivity index (χ3v) is 7.13. The van der Waals surface area contributed by atoms with Gasteiger partial charge in [-0.15, -0.1) is 0 Å². The second-order valence-corrected chi connectivity index (χ2v) is 9.99. The van der Waals surface area contributed by atoms with Gasteiger partial charge in [-0.25, -0.2) is 14.4 Å². The van der Waals surface area contributed by atoms with Crippen LogP contribution in [0.4, 0.5) is 10.3 Å². The van der Waals surface area contributed by atoms with Crippen molar-refractivity contribution in [2.45, 2.75) is 38.4 Å². The van der Waals surface area contributed by atoms with E-state index in [2.05, 4.69) is 25.6 Å². The van der Waals surface area contributed by atoms with Gasteiger partial charge in [0.25, 0.3) is 5.91 Å². The molecule has 1 atom stereocenters. The van der Waals surface area contributed by atoms with Crippen LogP contribution in [0, 0.1) is 12.7 Å². The highest BCUT2D eigenvalue weighted by molar-refractivity contribution is 6.32. The van der Waals surface area contributed by atoms with Gasteiger partial charge in [0, 0.05) is 36.6 Å². The van der Waals surface area contributed by atoms with Crippen molar-refractivity contribution in [2.24, 2.45) is 0 Å². The van der Waals surface area contributed by atoms with Gasteiger partial charge in [0.05, 0.1) is 47.4 Å². The fourth-order valence-corrected chi connectivity index (χ4v) is 4.92. The third kappa shape index (κ3) is 5.85. The van der Waals surface area contributed by atoms with E-state index in [9.17, 15) is 19.1 Å². The maximum Gasteiger partial charge on any atom is 0.256 e. The summed E-state index contributed by atoms with van der Waals surface area (Å²) in [6.45, 7) is 2.32. The Morgan fingerprint density at radius 2 is 2.08 bits per heavy atom. The third-order valence-electron chi connectivity index (χ3n) is 6.85. The fourth-order valence-electron chi connectivity index (χ4n) is 4.72. The Morgan fingerprint density at radius 1 is 1.28 bits per heavy atom. The van der Waals surface area contributed by atoms with Crippen molar-refractivity contribution in [3.8, 4) is 11.3 Å². The maximum atomic E-state index is 14.5. The smallest absolute Gasteiger partial charge is 0.256 e. The van der Waals surface area contributed by atoms with Crippen molar-refractivity contribution < 1.29 is 23.8 Å². The summed E-state index contributed by atoms with van der Waals surface area (Å²) in [5, 5.41) is 16.0. The van der Waals surface area contributed by atoms with Crippen molar-refractivity contribution >= 4 is 29.4 Å². The lowest BCUT2D eigenvalue weighted by atomic mass is 10.0. The van der Waals surface area contributed by atoms with E-state index in [1.807, 2.05) is 0 Å². The number of rotatable bonds is 8. The fraction of sp³-hybridized carbons (Fsp3) is 0.370. The quantitative estimate of drug-likeness (QED) is 0.387. The normalized spacial score (nSPS) is 16.2. The molecule has 5 rings (SSSR count). The predicted molar refractivity (Wildman–Crippen MR) is 142 cm³/mol. The molecule has 2 aliphatic rings. The van der Waals surface area contributed by atoms with Gasteiger partial charge in [-0.2, -0.15) is 0 Å². The van der Waals surface area contributed by atoms with Crippen LogP contribution in [0.5, 0.6) is 0 Å². The Hall–Kier alpha value is -3.67. The largest absolute Gasteiger partial charge is 0.394 e. The van der Waals surface area contributed by atoms with Crippen LogP contribution in [-0.2, 0) is 16.1 Å². The number of hydrogen-bond acceptors (Lipinski definition) is 8. The van der Waals surface area contributed by atoms with Gasteiger partial charge in [0.1, 0.15) is 12.4 Å². The lowest BCUT2D eigenvalue weighted by molar-refractivity contribution is -0.122. The standard InChI is InChI=1S/C27H28ClFN6O4/c1-15-3-2-4-18(24(15)29)22(14-36)33-23(37)13-35-12-21-19(26(35)38)9-16(10-30-21)25-20(28)11-31-27(34-25)32-17-5-7-39-8-6-17/h2-4,9-11,17,22,36H,5-8,12-14H2,1H3,(H,33,37)(H,31,32,34). The van der Waals surface area contributed by atoms with Crippen LogP contribution in [-0.4, -0.2) is 69.2 Å². The number of carbonyl (C=O) groups is 2. The molecule has 3 aromatic rings. The monoisotopic (exact) mass is 554 g/mol. The average Bonchev–Trinajstić information content (AvgIpc) is 3.24. The minimum absolute atomic E-state index is 0.137. The molecule has 39 heavy (non-hydrogen) atoms. The highest BCUT2D eigenvalue weighted by atomic mass is 35.5. The number of aryl methyl sites for hydroxylation is 1. The highest BCUT2D eigenvalue weighted by Gasteiger charge is 2.31. The van der Waals surface area contributed by atoms with E-state index in [1.165, 1.54) is 17.2 Å². The number of nitrogens with one attached hydrogen (secondary N) is 2. The second kappa shape index (κ2) is 11.6. The summed E-state index contributed by atoms with van der Waals surface area (Å²) in [7, 11) is 0. The molecule has 0 bridgehead atoms. The number of carbonyl (C=O) groups excluding carboxylic acids is 2. The van der Waals surface area contributed by atoms with Crippen molar-refractivity contribution in [1.29, 1.82) is 0 Å². The van der Waals surface area contributed by atoms with Crippen molar-refractivity contribution in [3.63, 3.8) is 0 Å². The molecular weight excluding hydrogens is 527 g/mol. The predicted octanol–water partition coefficient (Wildman–Crippen LogP) is 3.04. The van der Waals surface area contributed by atoms with Crippen LogP contribution in [0.25, 0.3) is 11.3 Å². The molecule has 2 aromatic heterocycles. The topological polar surface area (TPSA) is 130 Å². The van der Waals surface area contributed by atoms with Crippen molar-refractivity contribution in [2.75, 3.05) is 31.7 Å². The number of fused-ring (bicyclic) bond motifs is 1. The second-order valence-electron chi connectivity index (χ2n) is 9.58. The zero-order chi connectivity index (χ0) is 27.5. The first kappa shape index (κ1) is 26.9. The molecule has 204 valence electrons. The van der Waals surface area contributed by atoms with Crippen molar-refractivity contribution in [1.82, 2.24) is 25.2 Å². The van der Waals surface area contributed by atoms with E-state index in [0.717, 1.165) is 12.8 Å². The van der Waals surface area contributed by atoms with Gasteiger partial charge in [-0.05, 0) is 31.4 Å². The van der Waals surface area contributed by atoms with E-state index in [0.29, 0.717) is 52.3 Å². The number of hydrogen-bond donors (Lipinski definition) is 3. The molecule has 1 fully saturated rings. The number of pyridine rings is 1. The number of benzene rings is 1. The van der Waals surface area contributed by atoms with Crippen LogP contribution in [0.15, 0.2) is 36.7 Å². The molecule has 12 heteroatoms. The molecule has 1 unspecified atom stereocenters. The molecule has 0 aliphatic carbocycles. The number of amides is 2. The summed E-state index contributed by atoms with van der Waals surface area (Å²) < 4.78 is 19.9.